The molecular weight excluding hydrogens is 452 g/mol. The van der Waals surface area contributed by atoms with Gasteiger partial charge >= 0.3 is 6.18 Å². The Balaban J connectivity index is 1.42. The number of nitrogens with zero attached hydrogens (tertiary/aromatic N) is 1. The highest BCUT2D eigenvalue weighted by molar-refractivity contribution is 7.98. The standard InChI is InChI=1S/C25H20F4N2OS/c26-20-11-7-18(8-12-20)24(32)30-13-14-31-15-23(21-3-1-2-4-22(21)31)33-16-17-5-9-19(10-6-17)25(27,28)29/h1-12,15H,13-14,16H2,(H,30,32). The molecule has 0 saturated heterocycles. The number of benzene rings is 3. The quantitative estimate of drug-likeness (QED) is 0.245. The van der Waals surface area contributed by atoms with Gasteiger partial charge in [0.15, 0.2) is 0 Å². The molecule has 0 aliphatic heterocycles. The second-order valence-corrected chi connectivity index (χ2v) is 8.47. The largest absolute Gasteiger partial charge is 0.416 e. The van der Waals surface area contributed by atoms with Crippen molar-refractivity contribution in [2.45, 2.75) is 23.4 Å². The third kappa shape index (κ3) is 5.57. The van der Waals surface area contributed by atoms with Gasteiger partial charge in [-0.25, -0.2) is 4.39 Å². The van der Waals surface area contributed by atoms with Crippen LogP contribution in [0.25, 0.3) is 10.9 Å². The number of carbonyl (C=O) groups excluding carboxylic acids is 1. The smallest absolute Gasteiger partial charge is 0.350 e. The summed E-state index contributed by atoms with van der Waals surface area (Å²) in [4.78, 5) is 13.3. The van der Waals surface area contributed by atoms with E-state index in [0.717, 1.165) is 33.5 Å². The number of rotatable bonds is 7. The molecule has 1 aromatic heterocycles. The van der Waals surface area contributed by atoms with E-state index < -0.39 is 17.6 Å². The van der Waals surface area contributed by atoms with E-state index in [-0.39, 0.29) is 5.91 Å². The highest BCUT2D eigenvalue weighted by atomic mass is 32.2. The summed E-state index contributed by atoms with van der Waals surface area (Å²) in [6, 6.07) is 18.4. The van der Waals surface area contributed by atoms with E-state index in [1.54, 1.807) is 11.8 Å². The Labute approximate surface area is 192 Å². The molecule has 8 heteroatoms. The topological polar surface area (TPSA) is 34.0 Å². The highest BCUT2D eigenvalue weighted by Gasteiger charge is 2.29. The number of fused-ring (bicyclic) bond motifs is 1. The van der Waals surface area contributed by atoms with Crippen LogP contribution >= 0.6 is 11.8 Å². The molecule has 33 heavy (non-hydrogen) atoms. The zero-order valence-corrected chi connectivity index (χ0v) is 18.2. The molecule has 0 fully saturated rings. The molecule has 170 valence electrons. The number of thioether (sulfide) groups is 1. The maximum atomic E-state index is 13.0. The van der Waals surface area contributed by atoms with Gasteiger partial charge in [0.05, 0.1) is 5.56 Å². The first-order valence-corrected chi connectivity index (χ1v) is 11.2. The molecule has 0 bridgehead atoms. The lowest BCUT2D eigenvalue weighted by Gasteiger charge is -2.08. The summed E-state index contributed by atoms with van der Waals surface area (Å²) in [5.74, 6) is -0.136. The molecule has 1 amide bonds. The molecule has 0 spiro atoms. The number of carbonyl (C=O) groups is 1. The van der Waals surface area contributed by atoms with Crippen molar-refractivity contribution < 1.29 is 22.4 Å². The van der Waals surface area contributed by atoms with Crippen LogP contribution in [0.1, 0.15) is 21.5 Å². The molecule has 0 saturated carbocycles. The lowest BCUT2D eigenvalue weighted by Crippen LogP contribution is -2.27. The van der Waals surface area contributed by atoms with Crippen molar-refractivity contribution in [3.8, 4) is 0 Å². The van der Waals surface area contributed by atoms with Gasteiger partial charge in [0.1, 0.15) is 5.82 Å². The molecule has 4 rings (SSSR count). The maximum absolute atomic E-state index is 13.0. The van der Waals surface area contributed by atoms with Gasteiger partial charge in [-0.2, -0.15) is 13.2 Å². The summed E-state index contributed by atoms with van der Waals surface area (Å²) in [5.41, 5.74) is 1.54. The van der Waals surface area contributed by atoms with Crippen molar-refractivity contribution in [2.75, 3.05) is 6.54 Å². The van der Waals surface area contributed by atoms with Gasteiger partial charge in [-0.3, -0.25) is 4.79 Å². The van der Waals surface area contributed by atoms with Gasteiger partial charge in [0.25, 0.3) is 5.91 Å². The van der Waals surface area contributed by atoms with Crippen molar-refractivity contribution in [3.63, 3.8) is 0 Å². The van der Waals surface area contributed by atoms with Gasteiger partial charge in [-0.1, -0.05) is 30.3 Å². The third-order valence-electron chi connectivity index (χ3n) is 5.17. The second kappa shape index (κ2) is 9.70. The molecule has 3 nitrogen and oxygen atoms in total. The fourth-order valence-corrected chi connectivity index (χ4v) is 4.50. The number of nitrogens with one attached hydrogen (secondary N) is 1. The van der Waals surface area contributed by atoms with E-state index >= 15 is 0 Å². The monoisotopic (exact) mass is 472 g/mol. The number of aromatic nitrogens is 1. The van der Waals surface area contributed by atoms with E-state index in [2.05, 4.69) is 5.32 Å². The zero-order chi connectivity index (χ0) is 23.4. The van der Waals surface area contributed by atoms with Crippen LogP contribution in [0.2, 0.25) is 0 Å². The molecule has 0 aliphatic carbocycles. The summed E-state index contributed by atoms with van der Waals surface area (Å²) in [5, 5.41) is 3.88. The summed E-state index contributed by atoms with van der Waals surface area (Å²) >= 11 is 1.55. The highest BCUT2D eigenvalue weighted by Crippen LogP contribution is 2.33. The van der Waals surface area contributed by atoms with Gasteiger partial charge in [-0.15, -0.1) is 11.8 Å². The van der Waals surface area contributed by atoms with Gasteiger partial charge < -0.3 is 9.88 Å². The Hall–Kier alpha value is -3.26. The predicted octanol–water partition coefficient (Wildman–Crippen LogP) is 6.52. The van der Waals surface area contributed by atoms with Crippen molar-refractivity contribution in [1.29, 1.82) is 0 Å². The van der Waals surface area contributed by atoms with Crippen molar-refractivity contribution in [3.05, 3.63) is 102 Å². The van der Waals surface area contributed by atoms with Crippen LogP contribution in [0.15, 0.2) is 83.9 Å². The van der Waals surface area contributed by atoms with Crippen LogP contribution in [0, 0.1) is 5.82 Å². The maximum Gasteiger partial charge on any atom is 0.416 e. The third-order valence-corrected chi connectivity index (χ3v) is 6.29. The Morgan fingerprint density at radius 3 is 2.33 bits per heavy atom. The summed E-state index contributed by atoms with van der Waals surface area (Å²) in [6.45, 7) is 0.923. The van der Waals surface area contributed by atoms with Crippen LogP contribution in [0.5, 0.6) is 0 Å². The van der Waals surface area contributed by atoms with Crippen molar-refractivity contribution in [2.24, 2.45) is 0 Å². The fourth-order valence-electron chi connectivity index (χ4n) is 3.46. The van der Waals surface area contributed by atoms with E-state index in [1.165, 1.54) is 36.4 Å². The van der Waals surface area contributed by atoms with E-state index in [0.29, 0.717) is 24.4 Å². The second-order valence-electron chi connectivity index (χ2n) is 7.45. The van der Waals surface area contributed by atoms with E-state index in [4.69, 9.17) is 0 Å². The van der Waals surface area contributed by atoms with Crippen LogP contribution in [0.3, 0.4) is 0 Å². The fraction of sp³-hybridized carbons (Fsp3) is 0.160. The predicted molar refractivity (Wildman–Crippen MR) is 122 cm³/mol. The molecule has 1 N–H and O–H groups in total. The van der Waals surface area contributed by atoms with Gasteiger partial charge in [0, 0.05) is 46.4 Å². The summed E-state index contributed by atoms with van der Waals surface area (Å²) in [7, 11) is 0. The van der Waals surface area contributed by atoms with Gasteiger partial charge in [-0.05, 0) is 48.0 Å². The molecule has 1 heterocycles. The van der Waals surface area contributed by atoms with E-state index in [9.17, 15) is 22.4 Å². The molecule has 0 atom stereocenters. The minimum Gasteiger partial charge on any atom is -0.350 e. The van der Waals surface area contributed by atoms with Crippen LogP contribution in [-0.4, -0.2) is 17.0 Å². The van der Waals surface area contributed by atoms with E-state index in [1.807, 2.05) is 35.0 Å². The Bertz CT molecular complexity index is 1250. The Kier molecular flexibility index (Phi) is 6.74. The molecule has 0 unspecified atom stereocenters. The first-order valence-electron chi connectivity index (χ1n) is 10.2. The summed E-state index contributed by atoms with van der Waals surface area (Å²) in [6.07, 6.45) is -2.35. The first-order chi connectivity index (χ1) is 15.8. The minimum absolute atomic E-state index is 0.275. The summed E-state index contributed by atoms with van der Waals surface area (Å²) < 4.78 is 53.4. The average Bonchev–Trinajstić information content (AvgIpc) is 3.15. The Morgan fingerprint density at radius 1 is 0.939 bits per heavy atom. The number of para-hydroxylation sites is 1. The van der Waals surface area contributed by atoms with Crippen molar-refractivity contribution in [1.82, 2.24) is 9.88 Å². The molecular formula is C25H20F4N2OS. The van der Waals surface area contributed by atoms with Crippen LogP contribution < -0.4 is 5.32 Å². The normalized spacial score (nSPS) is 11.6. The molecule has 0 radical (unpaired) electrons. The SMILES string of the molecule is O=C(NCCn1cc(SCc2ccc(C(F)(F)F)cc2)c2ccccc21)c1ccc(F)cc1. The molecule has 3 aromatic carbocycles. The first kappa shape index (κ1) is 22.9. The van der Waals surface area contributed by atoms with Crippen LogP contribution in [-0.2, 0) is 18.5 Å². The lowest BCUT2D eigenvalue weighted by molar-refractivity contribution is -0.137. The molecule has 0 aliphatic rings. The van der Waals surface area contributed by atoms with Crippen molar-refractivity contribution >= 4 is 28.6 Å². The number of hydrogen-bond acceptors (Lipinski definition) is 2. The Morgan fingerprint density at radius 2 is 1.64 bits per heavy atom. The van der Waals surface area contributed by atoms with Gasteiger partial charge in [0.2, 0.25) is 0 Å². The molecule has 4 aromatic rings. The number of alkyl halides is 3. The minimum atomic E-state index is -4.34. The number of hydrogen-bond donors (Lipinski definition) is 1. The average molecular weight is 473 g/mol. The van der Waals surface area contributed by atoms with Crippen LogP contribution in [0.4, 0.5) is 17.6 Å². The number of amides is 1. The number of halogens is 4. The lowest BCUT2D eigenvalue weighted by atomic mass is 10.1. The zero-order valence-electron chi connectivity index (χ0n) is 17.4.